The third kappa shape index (κ3) is 3.72. The average Bonchev–Trinajstić information content (AvgIpc) is 3.44. The molecular weight excluding hydrogens is 441 g/mol. The van der Waals surface area contributed by atoms with E-state index >= 15 is 0 Å². The van der Waals surface area contributed by atoms with Gasteiger partial charge in [-0.3, -0.25) is 15.1 Å². The molecule has 9 heteroatoms. The first-order valence-electron chi connectivity index (χ1n) is 10.2. The van der Waals surface area contributed by atoms with E-state index in [-0.39, 0.29) is 11.7 Å². The Kier molecular flexibility index (Phi) is 5.31. The van der Waals surface area contributed by atoms with Gasteiger partial charge in [0.15, 0.2) is 5.11 Å². The number of hydrogen-bond acceptors (Lipinski definition) is 4. The zero-order valence-electron chi connectivity index (χ0n) is 17.2. The lowest BCUT2D eigenvalue weighted by Crippen LogP contribution is -2.31. The average molecular weight is 460 g/mol. The van der Waals surface area contributed by atoms with E-state index in [1.807, 2.05) is 41.1 Å². The number of nitro groups is 1. The number of para-hydroxylation sites is 1. The number of aromatic nitrogens is 2. The molecule has 5 rings (SSSR count). The Balaban J connectivity index is 1.68. The molecule has 2 aromatic heterocycles. The SMILES string of the molecule is O=[N+]([O-])c1cccc(-n2cccc2[C@H]2[C@H](c3ccccn3)NC(=S)N2c2ccccc2F)c1. The number of nitrogens with zero attached hydrogens (tertiary/aromatic N) is 4. The zero-order valence-corrected chi connectivity index (χ0v) is 18.0. The van der Waals surface area contributed by atoms with Crippen molar-refractivity contribution in [3.8, 4) is 5.69 Å². The van der Waals surface area contributed by atoms with E-state index in [2.05, 4.69) is 10.3 Å². The molecule has 0 saturated carbocycles. The van der Waals surface area contributed by atoms with Crippen molar-refractivity contribution in [1.82, 2.24) is 14.9 Å². The van der Waals surface area contributed by atoms with Crippen molar-refractivity contribution in [3.63, 3.8) is 0 Å². The second-order valence-electron chi connectivity index (χ2n) is 7.53. The zero-order chi connectivity index (χ0) is 22.9. The van der Waals surface area contributed by atoms with Gasteiger partial charge in [0.1, 0.15) is 11.9 Å². The number of nitrogens with one attached hydrogen (secondary N) is 1. The molecule has 0 unspecified atom stereocenters. The van der Waals surface area contributed by atoms with Crippen LogP contribution in [0.3, 0.4) is 0 Å². The number of rotatable bonds is 5. The predicted octanol–water partition coefficient (Wildman–Crippen LogP) is 5.10. The highest BCUT2D eigenvalue weighted by atomic mass is 32.1. The predicted molar refractivity (Wildman–Crippen MR) is 127 cm³/mol. The van der Waals surface area contributed by atoms with E-state index in [0.717, 1.165) is 11.4 Å². The Morgan fingerprint density at radius 1 is 1.03 bits per heavy atom. The molecule has 1 N–H and O–H groups in total. The summed E-state index contributed by atoms with van der Waals surface area (Å²) in [5, 5.41) is 15.0. The summed E-state index contributed by atoms with van der Waals surface area (Å²) in [5.41, 5.74) is 2.47. The van der Waals surface area contributed by atoms with Crippen LogP contribution in [0.4, 0.5) is 15.8 Å². The Morgan fingerprint density at radius 3 is 2.61 bits per heavy atom. The van der Waals surface area contributed by atoms with E-state index in [4.69, 9.17) is 12.2 Å². The van der Waals surface area contributed by atoms with Crippen molar-refractivity contribution in [3.05, 3.63) is 119 Å². The standard InChI is InChI=1S/C24H18FN5O2S/c25-18-9-1-2-11-20(18)29-23(22(27-24(29)33)19-10-3-4-13-26-19)21-12-6-14-28(21)16-7-5-8-17(15-16)30(31)32/h1-15,22-23H,(H,27,33)/t22-,23-/m0/s1. The summed E-state index contributed by atoms with van der Waals surface area (Å²) in [6.45, 7) is 0. The Labute approximate surface area is 194 Å². The molecule has 7 nitrogen and oxygen atoms in total. The minimum Gasteiger partial charge on any atom is -0.351 e. The van der Waals surface area contributed by atoms with Gasteiger partial charge in [-0.15, -0.1) is 0 Å². The molecule has 4 aromatic rings. The van der Waals surface area contributed by atoms with Crippen LogP contribution in [0.15, 0.2) is 91.3 Å². The van der Waals surface area contributed by atoms with Gasteiger partial charge in [0.25, 0.3) is 5.69 Å². The Morgan fingerprint density at radius 2 is 1.85 bits per heavy atom. The number of benzene rings is 2. The molecule has 1 aliphatic heterocycles. The van der Waals surface area contributed by atoms with Gasteiger partial charge in [0, 0.05) is 30.2 Å². The fraction of sp³-hybridized carbons (Fsp3) is 0.0833. The van der Waals surface area contributed by atoms with Gasteiger partial charge in [0.2, 0.25) is 0 Å². The lowest BCUT2D eigenvalue weighted by molar-refractivity contribution is -0.384. The highest BCUT2D eigenvalue weighted by Crippen LogP contribution is 2.43. The van der Waals surface area contributed by atoms with Crippen molar-refractivity contribution >= 4 is 28.7 Å². The third-order valence-electron chi connectivity index (χ3n) is 5.61. The molecule has 1 fully saturated rings. The number of non-ortho nitro benzene ring substituents is 1. The topological polar surface area (TPSA) is 76.2 Å². The van der Waals surface area contributed by atoms with Gasteiger partial charge in [0.05, 0.1) is 28.0 Å². The van der Waals surface area contributed by atoms with Crippen LogP contribution < -0.4 is 10.2 Å². The van der Waals surface area contributed by atoms with E-state index in [1.165, 1.54) is 18.2 Å². The van der Waals surface area contributed by atoms with Crippen LogP contribution in [-0.4, -0.2) is 19.6 Å². The lowest BCUT2D eigenvalue weighted by Gasteiger charge is -2.29. The molecule has 33 heavy (non-hydrogen) atoms. The van der Waals surface area contributed by atoms with E-state index in [0.29, 0.717) is 16.5 Å². The van der Waals surface area contributed by atoms with E-state index in [1.54, 1.807) is 41.4 Å². The van der Waals surface area contributed by atoms with Crippen LogP contribution in [0.25, 0.3) is 5.69 Å². The van der Waals surface area contributed by atoms with Crippen LogP contribution in [0.5, 0.6) is 0 Å². The number of pyridine rings is 1. The van der Waals surface area contributed by atoms with Crippen LogP contribution in [-0.2, 0) is 0 Å². The van der Waals surface area contributed by atoms with Crippen molar-refractivity contribution in [2.24, 2.45) is 0 Å². The number of anilines is 1. The van der Waals surface area contributed by atoms with Crippen LogP contribution >= 0.6 is 12.2 Å². The summed E-state index contributed by atoms with van der Waals surface area (Å²) >= 11 is 5.65. The third-order valence-corrected chi connectivity index (χ3v) is 5.93. The van der Waals surface area contributed by atoms with Crippen molar-refractivity contribution in [1.29, 1.82) is 0 Å². The first-order chi connectivity index (χ1) is 16.0. The Bertz CT molecular complexity index is 1340. The molecule has 0 spiro atoms. The second-order valence-corrected chi connectivity index (χ2v) is 7.91. The number of halogens is 1. The normalized spacial score (nSPS) is 17.7. The Hall–Kier alpha value is -4.11. The minimum absolute atomic E-state index is 0.0144. The van der Waals surface area contributed by atoms with Crippen molar-refractivity contribution in [2.45, 2.75) is 12.1 Å². The summed E-state index contributed by atoms with van der Waals surface area (Å²) in [5.74, 6) is -0.401. The van der Waals surface area contributed by atoms with Gasteiger partial charge in [-0.2, -0.15) is 0 Å². The molecule has 1 aliphatic rings. The maximum atomic E-state index is 14.9. The first kappa shape index (κ1) is 20.8. The van der Waals surface area contributed by atoms with E-state index < -0.39 is 16.8 Å². The molecule has 164 valence electrons. The molecule has 0 aliphatic carbocycles. The molecule has 0 amide bonds. The van der Waals surface area contributed by atoms with Crippen molar-refractivity contribution in [2.75, 3.05) is 4.90 Å². The van der Waals surface area contributed by atoms with Gasteiger partial charge < -0.3 is 14.8 Å². The summed E-state index contributed by atoms with van der Waals surface area (Å²) in [7, 11) is 0. The number of hydrogen-bond donors (Lipinski definition) is 1. The number of thiocarbonyl (C=S) groups is 1. The molecule has 3 heterocycles. The minimum atomic E-state index is -0.460. The summed E-state index contributed by atoms with van der Waals surface area (Å²) in [4.78, 5) is 17.1. The van der Waals surface area contributed by atoms with Crippen LogP contribution in [0, 0.1) is 15.9 Å². The molecular formula is C24H18FN5O2S. The summed E-state index contributed by atoms with van der Waals surface area (Å²) in [6, 6.07) is 21.4. The summed E-state index contributed by atoms with van der Waals surface area (Å²) < 4.78 is 16.8. The van der Waals surface area contributed by atoms with Crippen LogP contribution in [0.1, 0.15) is 23.5 Å². The molecule has 0 bridgehead atoms. The quantitative estimate of drug-likeness (QED) is 0.254. The summed E-state index contributed by atoms with van der Waals surface area (Å²) in [6.07, 6.45) is 3.52. The van der Waals surface area contributed by atoms with Crippen LogP contribution in [0.2, 0.25) is 0 Å². The first-order valence-corrected chi connectivity index (χ1v) is 10.6. The number of nitro benzene ring substituents is 1. The smallest absolute Gasteiger partial charge is 0.271 e. The molecule has 2 atom stereocenters. The fourth-order valence-corrected chi connectivity index (χ4v) is 4.53. The molecule has 0 radical (unpaired) electrons. The van der Waals surface area contributed by atoms with Gasteiger partial charge in [-0.05, 0) is 54.7 Å². The lowest BCUT2D eigenvalue weighted by atomic mass is 10.0. The van der Waals surface area contributed by atoms with Gasteiger partial charge >= 0.3 is 0 Å². The highest BCUT2D eigenvalue weighted by Gasteiger charge is 2.43. The largest absolute Gasteiger partial charge is 0.351 e. The van der Waals surface area contributed by atoms with Crippen molar-refractivity contribution < 1.29 is 9.31 Å². The maximum absolute atomic E-state index is 14.9. The monoisotopic (exact) mass is 459 g/mol. The maximum Gasteiger partial charge on any atom is 0.271 e. The molecule has 2 aromatic carbocycles. The fourth-order valence-electron chi connectivity index (χ4n) is 4.19. The van der Waals surface area contributed by atoms with Gasteiger partial charge in [-0.1, -0.05) is 24.3 Å². The highest BCUT2D eigenvalue weighted by molar-refractivity contribution is 7.80. The second kappa shape index (κ2) is 8.44. The van der Waals surface area contributed by atoms with E-state index in [9.17, 15) is 14.5 Å². The molecule has 1 saturated heterocycles. The van der Waals surface area contributed by atoms with Gasteiger partial charge in [-0.25, -0.2) is 4.39 Å².